The minimum atomic E-state index is -0.425. The van der Waals surface area contributed by atoms with Gasteiger partial charge in [0.1, 0.15) is 11.6 Å². The normalized spacial score (nSPS) is 16.9. The molecule has 0 radical (unpaired) electrons. The zero-order valence-corrected chi connectivity index (χ0v) is 12.2. The Bertz CT molecular complexity index is 626. The van der Waals surface area contributed by atoms with Crippen LogP contribution >= 0.6 is 11.6 Å². The van der Waals surface area contributed by atoms with Gasteiger partial charge in [-0.2, -0.15) is 0 Å². The molecule has 0 saturated heterocycles. The second-order valence-corrected chi connectivity index (χ2v) is 5.89. The first-order valence-corrected chi connectivity index (χ1v) is 7.40. The minimum Gasteiger partial charge on any atom is -0.392 e. The van der Waals surface area contributed by atoms with Crippen LogP contribution in [0.25, 0.3) is 10.9 Å². The second kappa shape index (κ2) is 5.54. The smallest absolute Gasteiger partial charge is 0.137 e. The Morgan fingerprint density at radius 2 is 2.20 bits per heavy atom. The summed E-state index contributed by atoms with van der Waals surface area (Å²) in [5.41, 5.74) is 0.902. The lowest BCUT2D eigenvalue weighted by Crippen LogP contribution is -2.18. The Hall–Kier alpha value is -1.39. The number of aromatic nitrogens is 2. The molecule has 0 aliphatic heterocycles. The Morgan fingerprint density at radius 3 is 2.85 bits per heavy atom. The first kappa shape index (κ1) is 13.6. The van der Waals surface area contributed by atoms with E-state index in [-0.39, 0.29) is 0 Å². The van der Waals surface area contributed by atoms with E-state index in [1.54, 1.807) is 6.92 Å². The predicted molar refractivity (Wildman–Crippen MR) is 81.3 cm³/mol. The molecule has 4 nitrogen and oxygen atoms in total. The number of halogens is 1. The van der Waals surface area contributed by atoms with Crippen LogP contribution in [0.2, 0.25) is 5.02 Å². The summed E-state index contributed by atoms with van der Waals surface area (Å²) in [5.74, 6) is 2.14. The van der Waals surface area contributed by atoms with Gasteiger partial charge in [-0.15, -0.1) is 0 Å². The van der Waals surface area contributed by atoms with Crippen molar-refractivity contribution >= 4 is 28.3 Å². The molecule has 5 heteroatoms. The first-order chi connectivity index (χ1) is 9.63. The van der Waals surface area contributed by atoms with Crippen molar-refractivity contribution in [2.45, 2.75) is 38.2 Å². The van der Waals surface area contributed by atoms with Crippen LogP contribution < -0.4 is 5.32 Å². The van der Waals surface area contributed by atoms with Gasteiger partial charge in [-0.25, -0.2) is 9.97 Å². The van der Waals surface area contributed by atoms with Crippen LogP contribution in [0.1, 0.15) is 37.9 Å². The fraction of sp³-hybridized carbons (Fsp3) is 0.467. The quantitative estimate of drug-likeness (QED) is 0.907. The van der Waals surface area contributed by atoms with Crippen molar-refractivity contribution in [2.24, 2.45) is 0 Å². The van der Waals surface area contributed by atoms with Gasteiger partial charge in [0.15, 0.2) is 0 Å². The van der Waals surface area contributed by atoms with E-state index < -0.39 is 6.10 Å². The third-order valence-corrected chi connectivity index (χ3v) is 3.95. The zero-order chi connectivity index (χ0) is 14.1. The summed E-state index contributed by atoms with van der Waals surface area (Å²) >= 11 is 6.06. The average Bonchev–Trinajstić information content (AvgIpc) is 2.34. The molecule has 2 aromatic rings. The lowest BCUT2D eigenvalue weighted by Gasteiger charge is -2.24. The molecule has 1 fully saturated rings. The van der Waals surface area contributed by atoms with Gasteiger partial charge in [0.05, 0.1) is 11.6 Å². The maximum absolute atomic E-state index is 9.44. The number of rotatable bonds is 4. The number of aliphatic hydroxyl groups excluding tert-OH is 1. The lowest BCUT2D eigenvalue weighted by atomic mass is 9.85. The number of nitrogens with zero attached hydrogens (tertiary/aromatic N) is 2. The molecule has 1 saturated carbocycles. The molecule has 0 bridgehead atoms. The van der Waals surface area contributed by atoms with Crippen LogP contribution in [0.4, 0.5) is 5.82 Å². The number of fused-ring (bicyclic) bond motifs is 1. The number of hydrogen-bond donors (Lipinski definition) is 2. The molecule has 106 valence electrons. The van der Waals surface area contributed by atoms with E-state index >= 15 is 0 Å². The van der Waals surface area contributed by atoms with Gasteiger partial charge in [-0.05, 0) is 38.0 Å². The van der Waals surface area contributed by atoms with Crippen molar-refractivity contribution in [3.63, 3.8) is 0 Å². The summed E-state index contributed by atoms with van der Waals surface area (Å²) in [5, 5.41) is 14.2. The van der Waals surface area contributed by atoms with E-state index in [4.69, 9.17) is 11.6 Å². The zero-order valence-electron chi connectivity index (χ0n) is 11.4. The molecule has 0 unspecified atom stereocenters. The van der Waals surface area contributed by atoms with Crippen molar-refractivity contribution in [2.75, 3.05) is 11.9 Å². The molecular weight excluding hydrogens is 274 g/mol. The molecule has 1 aromatic carbocycles. The highest BCUT2D eigenvalue weighted by molar-refractivity contribution is 6.31. The molecule has 1 aliphatic rings. The molecule has 1 aromatic heterocycles. The molecule has 0 amide bonds. The topological polar surface area (TPSA) is 58.0 Å². The average molecular weight is 292 g/mol. The highest BCUT2D eigenvalue weighted by Gasteiger charge is 2.23. The van der Waals surface area contributed by atoms with E-state index in [1.807, 2.05) is 18.2 Å². The molecule has 1 heterocycles. The maximum atomic E-state index is 9.44. The largest absolute Gasteiger partial charge is 0.392 e. The molecule has 1 aliphatic carbocycles. The lowest BCUT2D eigenvalue weighted by molar-refractivity contribution is 0.208. The van der Waals surface area contributed by atoms with E-state index in [2.05, 4.69) is 15.3 Å². The summed E-state index contributed by atoms with van der Waals surface area (Å²) in [6.45, 7) is 2.21. The molecule has 1 atom stereocenters. The van der Waals surface area contributed by atoms with Gasteiger partial charge in [-0.1, -0.05) is 18.0 Å². The van der Waals surface area contributed by atoms with E-state index in [0.29, 0.717) is 17.5 Å². The van der Waals surface area contributed by atoms with Crippen molar-refractivity contribution in [3.8, 4) is 0 Å². The molecule has 0 spiro atoms. The summed E-state index contributed by atoms with van der Waals surface area (Å²) in [7, 11) is 0. The van der Waals surface area contributed by atoms with Gasteiger partial charge in [0.25, 0.3) is 0 Å². The summed E-state index contributed by atoms with van der Waals surface area (Å²) in [4.78, 5) is 9.30. The first-order valence-electron chi connectivity index (χ1n) is 7.02. The Labute approximate surface area is 123 Å². The summed E-state index contributed by atoms with van der Waals surface area (Å²) in [6.07, 6.45) is 3.15. The fourth-order valence-corrected chi connectivity index (χ4v) is 2.52. The van der Waals surface area contributed by atoms with E-state index in [9.17, 15) is 5.11 Å². The Kier molecular flexibility index (Phi) is 3.76. The molecule has 3 rings (SSSR count). The third-order valence-electron chi connectivity index (χ3n) is 3.71. The number of aliphatic hydroxyl groups is 1. The predicted octanol–water partition coefficient (Wildman–Crippen LogP) is 3.34. The van der Waals surface area contributed by atoms with Gasteiger partial charge in [-0.3, -0.25) is 0 Å². The highest BCUT2D eigenvalue weighted by Crippen LogP contribution is 2.36. The maximum Gasteiger partial charge on any atom is 0.137 e. The van der Waals surface area contributed by atoms with Crippen molar-refractivity contribution in [1.82, 2.24) is 9.97 Å². The fourth-order valence-electron chi connectivity index (χ4n) is 2.35. The minimum absolute atomic E-state index is 0.425. The van der Waals surface area contributed by atoms with Crippen molar-refractivity contribution < 1.29 is 5.11 Å². The van der Waals surface area contributed by atoms with Gasteiger partial charge in [0, 0.05) is 22.9 Å². The number of nitrogens with one attached hydrogen (secondary N) is 1. The van der Waals surface area contributed by atoms with Gasteiger partial charge < -0.3 is 10.4 Å². The SMILES string of the molecule is C[C@@H](O)CNc1nc(C2CCC2)nc2ccc(Cl)cc12. The van der Waals surface area contributed by atoms with Crippen LogP contribution in [0.3, 0.4) is 0 Å². The van der Waals surface area contributed by atoms with E-state index in [1.165, 1.54) is 6.42 Å². The molecular formula is C15H18ClN3O. The molecule has 20 heavy (non-hydrogen) atoms. The van der Waals surface area contributed by atoms with Crippen LogP contribution in [0.15, 0.2) is 18.2 Å². The highest BCUT2D eigenvalue weighted by atomic mass is 35.5. The second-order valence-electron chi connectivity index (χ2n) is 5.45. The van der Waals surface area contributed by atoms with Crippen LogP contribution in [0.5, 0.6) is 0 Å². The standard InChI is InChI=1S/C15H18ClN3O/c1-9(20)8-17-15-12-7-11(16)5-6-13(12)18-14(19-15)10-3-2-4-10/h5-7,9-10,20H,2-4,8H2,1H3,(H,17,18,19)/t9-/m1/s1. The summed E-state index contributed by atoms with van der Waals surface area (Å²) < 4.78 is 0. The van der Waals surface area contributed by atoms with Crippen LogP contribution in [0, 0.1) is 0 Å². The van der Waals surface area contributed by atoms with Crippen LogP contribution in [-0.4, -0.2) is 27.7 Å². The summed E-state index contributed by atoms with van der Waals surface area (Å²) in [6, 6.07) is 5.64. The van der Waals surface area contributed by atoms with Gasteiger partial charge in [0.2, 0.25) is 0 Å². The Balaban J connectivity index is 2.04. The third kappa shape index (κ3) is 2.72. The monoisotopic (exact) mass is 291 g/mol. The Morgan fingerprint density at radius 1 is 1.40 bits per heavy atom. The number of anilines is 1. The molecule has 2 N–H and O–H groups in total. The van der Waals surface area contributed by atoms with Crippen molar-refractivity contribution in [3.05, 3.63) is 29.0 Å². The number of hydrogen-bond acceptors (Lipinski definition) is 4. The van der Waals surface area contributed by atoms with Crippen LogP contribution in [-0.2, 0) is 0 Å². The van der Waals surface area contributed by atoms with Gasteiger partial charge >= 0.3 is 0 Å². The number of benzene rings is 1. The van der Waals surface area contributed by atoms with Crippen molar-refractivity contribution in [1.29, 1.82) is 0 Å². The van der Waals surface area contributed by atoms with E-state index in [0.717, 1.165) is 35.4 Å².